The highest BCUT2D eigenvalue weighted by Gasteiger charge is 2.19. The van der Waals surface area contributed by atoms with Gasteiger partial charge in [-0.05, 0) is 51.3 Å². The number of hydrogen-bond donors (Lipinski definition) is 2. The van der Waals surface area contributed by atoms with Crippen LogP contribution in [-0.2, 0) is 11.3 Å². The normalized spacial score (nSPS) is 14.2. The molecular formula is C16H24ClN2O2-. The minimum atomic E-state index is -0.223. The van der Waals surface area contributed by atoms with E-state index in [1.54, 1.807) is 0 Å². The van der Waals surface area contributed by atoms with Crippen molar-refractivity contribution in [1.82, 2.24) is 10.6 Å². The van der Waals surface area contributed by atoms with Gasteiger partial charge in [-0.3, -0.25) is 4.79 Å². The van der Waals surface area contributed by atoms with Crippen LogP contribution < -0.4 is 27.8 Å². The number of nitrogens with one attached hydrogen (secondary N) is 2. The number of hydrogen-bond acceptors (Lipinski definition) is 3. The molecule has 0 saturated heterocycles. The zero-order valence-corrected chi connectivity index (χ0v) is 13.7. The molecule has 2 rings (SSSR count). The molecule has 5 heteroatoms. The molecule has 1 aromatic rings. The van der Waals surface area contributed by atoms with Crippen molar-refractivity contribution in [3.63, 3.8) is 0 Å². The summed E-state index contributed by atoms with van der Waals surface area (Å²) in [5.41, 5.74) is 1.02. The van der Waals surface area contributed by atoms with E-state index in [4.69, 9.17) is 4.74 Å². The van der Waals surface area contributed by atoms with Crippen molar-refractivity contribution in [2.45, 2.75) is 51.7 Å². The summed E-state index contributed by atoms with van der Waals surface area (Å²) < 4.78 is 5.47. The zero-order chi connectivity index (χ0) is 14.6. The Morgan fingerprint density at radius 1 is 1.24 bits per heavy atom. The lowest BCUT2D eigenvalue weighted by Crippen LogP contribution is -3.00. The predicted octanol–water partition coefficient (Wildman–Crippen LogP) is -0.764. The predicted molar refractivity (Wildman–Crippen MR) is 79.7 cm³/mol. The highest BCUT2D eigenvalue weighted by Crippen LogP contribution is 2.19. The van der Waals surface area contributed by atoms with E-state index in [9.17, 15) is 4.79 Å². The van der Waals surface area contributed by atoms with Crippen LogP contribution in [0.4, 0.5) is 0 Å². The summed E-state index contributed by atoms with van der Waals surface area (Å²) in [7, 11) is 0. The summed E-state index contributed by atoms with van der Waals surface area (Å²) >= 11 is 0. The molecule has 0 spiro atoms. The second-order valence-corrected chi connectivity index (χ2v) is 6.39. The van der Waals surface area contributed by atoms with Crippen molar-refractivity contribution < 1.29 is 21.9 Å². The van der Waals surface area contributed by atoms with Crippen LogP contribution in [0.1, 0.15) is 39.2 Å². The first kappa shape index (κ1) is 17.8. The molecule has 0 heterocycles. The number of rotatable bonds is 6. The fraction of sp³-hybridized carbons (Fsp3) is 0.562. The van der Waals surface area contributed by atoms with Gasteiger partial charge >= 0.3 is 0 Å². The molecule has 21 heavy (non-hydrogen) atoms. The molecule has 0 atom stereocenters. The van der Waals surface area contributed by atoms with E-state index < -0.39 is 0 Å². The van der Waals surface area contributed by atoms with Crippen molar-refractivity contribution in [3.8, 4) is 5.75 Å². The van der Waals surface area contributed by atoms with Crippen LogP contribution >= 0.6 is 0 Å². The van der Waals surface area contributed by atoms with Crippen LogP contribution in [0, 0.1) is 0 Å². The zero-order valence-electron chi connectivity index (χ0n) is 12.9. The van der Waals surface area contributed by atoms with Crippen LogP contribution in [0.3, 0.4) is 0 Å². The van der Waals surface area contributed by atoms with Gasteiger partial charge in [0.05, 0.1) is 0 Å². The largest absolute Gasteiger partial charge is 1.00 e. The van der Waals surface area contributed by atoms with Gasteiger partial charge in [-0.2, -0.15) is 0 Å². The second-order valence-electron chi connectivity index (χ2n) is 6.39. The van der Waals surface area contributed by atoms with E-state index in [1.807, 2.05) is 45.0 Å². The second kappa shape index (κ2) is 7.66. The molecule has 1 aliphatic carbocycles. The average Bonchev–Trinajstić information content (AvgIpc) is 3.17. The van der Waals surface area contributed by atoms with E-state index in [2.05, 4.69) is 10.6 Å². The smallest absolute Gasteiger partial charge is 0.258 e. The van der Waals surface area contributed by atoms with Crippen LogP contribution in [0.2, 0.25) is 0 Å². The minimum absolute atomic E-state index is 0. The molecular weight excluding hydrogens is 288 g/mol. The summed E-state index contributed by atoms with van der Waals surface area (Å²) in [5.74, 6) is 0.626. The number of ether oxygens (including phenoxy) is 1. The molecule has 0 aliphatic heterocycles. The SMILES string of the molecule is CC(C)(C)NC(=O)COc1ccc(CNC2CC2)cc1.[Cl-]. The minimum Gasteiger partial charge on any atom is -1.00 e. The van der Waals surface area contributed by atoms with Crippen LogP contribution in [0.25, 0.3) is 0 Å². The Morgan fingerprint density at radius 2 is 1.86 bits per heavy atom. The average molecular weight is 312 g/mol. The third kappa shape index (κ3) is 7.34. The molecule has 118 valence electrons. The summed E-state index contributed by atoms with van der Waals surface area (Å²) in [5, 5.41) is 6.33. The fourth-order valence-corrected chi connectivity index (χ4v) is 1.86. The quantitative estimate of drug-likeness (QED) is 0.726. The fourth-order valence-electron chi connectivity index (χ4n) is 1.86. The highest BCUT2D eigenvalue weighted by molar-refractivity contribution is 5.78. The first-order valence-corrected chi connectivity index (χ1v) is 7.18. The molecule has 0 bridgehead atoms. The Morgan fingerprint density at radius 3 is 2.38 bits per heavy atom. The van der Waals surface area contributed by atoms with Crippen LogP contribution in [0.5, 0.6) is 5.75 Å². The Labute approximate surface area is 133 Å². The third-order valence-corrected chi connectivity index (χ3v) is 2.98. The molecule has 1 aromatic carbocycles. The van der Waals surface area contributed by atoms with Gasteiger partial charge in [0.1, 0.15) is 5.75 Å². The van der Waals surface area contributed by atoms with E-state index in [0.717, 1.165) is 12.3 Å². The maximum Gasteiger partial charge on any atom is 0.258 e. The van der Waals surface area contributed by atoms with Gasteiger partial charge in [-0.1, -0.05) is 12.1 Å². The number of amides is 1. The third-order valence-electron chi connectivity index (χ3n) is 2.98. The van der Waals surface area contributed by atoms with E-state index in [-0.39, 0.29) is 30.5 Å². The van der Waals surface area contributed by atoms with E-state index in [1.165, 1.54) is 18.4 Å². The first-order valence-electron chi connectivity index (χ1n) is 7.18. The van der Waals surface area contributed by atoms with Gasteiger partial charge in [0.2, 0.25) is 0 Å². The standard InChI is InChI=1S/C16H24N2O2.ClH/c1-16(2,3)18-15(19)11-20-14-8-4-12(5-9-14)10-17-13-6-7-13;/h4-5,8-9,13,17H,6-7,10-11H2,1-3H3,(H,18,19);1H/p-1. The van der Waals surface area contributed by atoms with Gasteiger partial charge in [-0.15, -0.1) is 0 Å². The number of halogens is 1. The maximum absolute atomic E-state index is 11.6. The summed E-state index contributed by atoms with van der Waals surface area (Å²) in [6.07, 6.45) is 2.59. The van der Waals surface area contributed by atoms with E-state index >= 15 is 0 Å². The lowest BCUT2D eigenvalue weighted by molar-refractivity contribution is -0.124. The topological polar surface area (TPSA) is 50.4 Å². The van der Waals surface area contributed by atoms with Crippen molar-refractivity contribution in [1.29, 1.82) is 0 Å². The monoisotopic (exact) mass is 311 g/mol. The Bertz CT molecular complexity index is 450. The van der Waals surface area contributed by atoms with Crippen molar-refractivity contribution in [3.05, 3.63) is 29.8 Å². The van der Waals surface area contributed by atoms with Gasteiger partial charge in [-0.25, -0.2) is 0 Å². The van der Waals surface area contributed by atoms with Gasteiger partial charge in [0.25, 0.3) is 5.91 Å². The molecule has 1 fully saturated rings. The lowest BCUT2D eigenvalue weighted by Gasteiger charge is -2.20. The van der Waals surface area contributed by atoms with Crippen molar-refractivity contribution >= 4 is 5.91 Å². The number of carbonyl (C=O) groups excluding carboxylic acids is 1. The molecule has 2 N–H and O–H groups in total. The molecule has 0 radical (unpaired) electrons. The van der Waals surface area contributed by atoms with Crippen LogP contribution in [-0.4, -0.2) is 24.1 Å². The van der Waals surface area contributed by atoms with Gasteiger partial charge in [0, 0.05) is 18.1 Å². The molecule has 4 nitrogen and oxygen atoms in total. The number of benzene rings is 1. The summed E-state index contributed by atoms with van der Waals surface area (Å²) in [6.45, 7) is 6.80. The molecule has 1 amide bonds. The molecule has 0 unspecified atom stereocenters. The molecule has 1 aliphatic rings. The first-order chi connectivity index (χ1) is 9.42. The summed E-state index contributed by atoms with van der Waals surface area (Å²) in [4.78, 5) is 11.6. The highest BCUT2D eigenvalue weighted by atomic mass is 35.5. The Kier molecular flexibility index (Phi) is 6.49. The Balaban J connectivity index is 0.00000220. The van der Waals surface area contributed by atoms with Crippen LogP contribution in [0.15, 0.2) is 24.3 Å². The molecule has 0 aromatic heterocycles. The van der Waals surface area contributed by atoms with Gasteiger partial charge < -0.3 is 27.8 Å². The maximum atomic E-state index is 11.6. The van der Waals surface area contributed by atoms with Crippen molar-refractivity contribution in [2.24, 2.45) is 0 Å². The van der Waals surface area contributed by atoms with E-state index in [0.29, 0.717) is 6.04 Å². The Hall–Kier alpha value is -1.26. The summed E-state index contributed by atoms with van der Waals surface area (Å²) in [6, 6.07) is 8.61. The van der Waals surface area contributed by atoms with Gasteiger partial charge in [0.15, 0.2) is 6.61 Å². The van der Waals surface area contributed by atoms with Crippen molar-refractivity contribution in [2.75, 3.05) is 6.61 Å². The molecule has 1 saturated carbocycles. The lowest BCUT2D eigenvalue weighted by atomic mass is 10.1. The number of carbonyl (C=O) groups is 1.